The Morgan fingerprint density at radius 3 is 2.67 bits per heavy atom. The van der Waals surface area contributed by atoms with Gasteiger partial charge in [-0.1, -0.05) is 17.7 Å². The molecule has 0 saturated carbocycles. The van der Waals surface area contributed by atoms with Crippen molar-refractivity contribution in [3.8, 4) is 0 Å². The molecule has 30 heavy (non-hydrogen) atoms. The van der Waals surface area contributed by atoms with Crippen molar-refractivity contribution in [3.63, 3.8) is 0 Å². The minimum absolute atomic E-state index is 0.0226. The quantitative estimate of drug-likeness (QED) is 0.409. The van der Waals surface area contributed by atoms with Crippen LogP contribution >= 0.6 is 23.8 Å². The second-order valence-electron chi connectivity index (χ2n) is 6.88. The Balaban J connectivity index is 1.70. The van der Waals surface area contributed by atoms with Crippen LogP contribution < -0.4 is 16.1 Å². The second-order valence-corrected chi connectivity index (χ2v) is 7.72. The number of benzene rings is 2. The Labute approximate surface area is 183 Å². The van der Waals surface area contributed by atoms with Crippen LogP contribution in [0.15, 0.2) is 35.4 Å². The molecular weight excluding hydrogens is 435 g/mol. The Morgan fingerprint density at radius 1 is 1.13 bits per heavy atom. The average molecular weight is 456 g/mol. The molecule has 1 fully saturated rings. The molecule has 160 valence electrons. The summed E-state index contributed by atoms with van der Waals surface area (Å²) in [7, 11) is 0. The van der Waals surface area contributed by atoms with E-state index in [1.807, 2.05) is 0 Å². The zero-order chi connectivity index (χ0) is 21.7. The Bertz CT molecular complexity index is 936. The van der Waals surface area contributed by atoms with Gasteiger partial charge >= 0.3 is 0 Å². The van der Waals surface area contributed by atoms with Crippen molar-refractivity contribution >= 4 is 40.8 Å². The van der Waals surface area contributed by atoms with E-state index >= 15 is 0 Å². The summed E-state index contributed by atoms with van der Waals surface area (Å²) in [6.07, 6.45) is 1.83. The van der Waals surface area contributed by atoms with Crippen molar-refractivity contribution in [2.24, 2.45) is 10.8 Å². The third-order valence-corrected chi connectivity index (χ3v) is 5.26. The van der Waals surface area contributed by atoms with Crippen LogP contribution in [-0.4, -0.2) is 42.4 Å². The topological polar surface area (TPSA) is 56.9 Å². The molecule has 3 N–H and O–H groups in total. The molecular formula is C20H21ClF3N5S. The number of hydrogen-bond acceptors (Lipinski definition) is 4. The van der Waals surface area contributed by atoms with Gasteiger partial charge < -0.3 is 10.6 Å². The molecule has 0 unspecified atom stereocenters. The zero-order valence-corrected chi connectivity index (χ0v) is 17.6. The number of hydrogen-bond donors (Lipinski definition) is 2. The van der Waals surface area contributed by atoms with Crippen molar-refractivity contribution in [2.45, 2.75) is 13.0 Å². The minimum Gasteiger partial charge on any atom is -0.375 e. The first-order chi connectivity index (χ1) is 14.3. The molecule has 2 aromatic carbocycles. The molecule has 5 nitrogen and oxygen atoms in total. The highest BCUT2D eigenvalue weighted by Gasteiger charge is 2.21. The molecule has 0 atom stereocenters. The van der Waals surface area contributed by atoms with E-state index in [2.05, 4.69) is 27.6 Å². The van der Waals surface area contributed by atoms with Gasteiger partial charge in [-0.25, -0.2) is 13.2 Å². The minimum atomic E-state index is -0.612. The highest BCUT2D eigenvalue weighted by Crippen LogP contribution is 2.25. The molecule has 10 heteroatoms. The highest BCUT2D eigenvalue weighted by atomic mass is 35.5. The summed E-state index contributed by atoms with van der Waals surface area (Å²) in [5.41, 5.74) is 8.13. The molecule has 0 spiro atoms. The predicted octanol–water partition coefficient (Wildman–Crippen LogP) is 3.64. The third kappa shape index (κ3) is 5.62. The van der Waals surface area contributed by atoms with Gasteiger partial charge in [0.05, 0.1) is 11.9 Å². The molecule has 0 aliphatic carbocycles. The lowest BCUT2D eigenvalue weighted by Crippen LogP contribution is -2.31. The molecule has 1 aliphatic rings. The van der Waals surface area contributed by atoms with E-state index in [9.17, 15) is 13.2 Å². The number of rotatable bonds is 5. The van der Waals surface area contributed by atoms with E-state index in [-0.39, 0.29) is 22.2 Å². The maximum absolute atomic E-state index is 14.7. The average Bonchev–Trinajstić information content (AvgIpc) is 2.92. The van der Waals surface area contributed by atoms with Crippen molar-refractivity contribution < 1.29 is 13.2 Å². The summed E-state index contributed by atoms with van der Waals surface area (Å²) in [4.78, 5) is 3.84. The molecule has 0 bridgehead atoms. The second kappa shape index (κ2) is 10.1. The molecule has 1 aliphatic heterocycles. The maximum Gasteiger partial charge on any atom is 0.184 e. The van der Waals surface area contributed by atoms with Gasteiger partial charge in [-0.15, -0.1) is 0 Å². The van der Waals surface area contributed by atoms with E-state index in [1.165, 1.54) is 6.07 Å². The Hall–Kier alpha value is -2.36. The van der Waals surface area contributed by atoms with Crippen LogP contribution in [0.1, 0.15) is 17.5 Å². The third-order valence-electron chi connectivity index (χ3n) is 4.82. The smallest absolute Gasteiger partial charge is 0.184 e. The van der Waals surface area contributed by atoms with Gasteiger partial charge in [0.15, 0.2) is 5.11 Å². The molecule has 0 radical (unpaired) electrons. The van der Waals surface area contributed by atoms with E-state index in [4.69, 9.17) is 17.3 Å². The van der Waals surface area contributed by atoms with Crippen molar-refractivity contribution in [2.75, 3.05) is 31.1 Å². The molecule has 0 amide bonds. The molecule has 2 aromatic rings. The molecule has 0 aromatic heterocycles. The lowest BCUT2D eigenvalue weighted by Gasteiger charge is -2.24. The van der Waals surface area contributed by atoms with Crippen molar-refractivity contribution in [1.29, 1.82) is 0 Å². The van der Waals surface area contributed by atoms with Gasteiger partial charge in [0.1, 0.15) is 17.5 Å². The number of nitrogens with zero attached hydrogens (tertiary/aromatic N) is 3. The van der Waals surface area contributed by atoms with Crippen LogP contribution in [0.5, 0.6) is 0 Å². The Morgan fingerprint density at radius 2 is 1.93 bits per heavy atom. The number of thiocarbonyl (C=S) groups is 1. The van der Waals surface area contributed by atoms with Gasteiger partial charge in [0.2, 0.25) is 0 Å². The highest BCUT2D eigenvalue weighted by molar-refractivity contribution is 7.80. The van der Waals surface area contributed by atoms with Crippen LogP contribution in [0.4, 0.5) is 18.9 Å². The van der Waals surface area contributed by atoms with Crippen LogP contribution in [-0.2, 0) is 6.54 Å². The number of hydrazone groups is 1. The first-order valence-corrected chi connectivity index (χ1v) is 10.1. The zero-order valence-electron chi connectivity index (χ0n) is 16.0. The molecule has 1 saturated heterocycles. The van der Waals surface area contributed by atoms with E-state index < -0.39 is 11.6 Å². The van der Waals surface area contributed by atoms with Crippen LogP contribution in [0.3, 0.4) is 0 Å². The first kappa shape index (κ1) is 22.3. The Kier molecular flexibility index (Phi) is 7.52. The van der Waals surface area contributed by atoms with Crippen LogP contribution in [0.25, 0.3) is 0 Å². The van der Waals surface area contributed by atoms with Gasteiger partial charge in [0, 0.05) is 54.9 Å². The fraction of sp³-hybridized carbons (Fsp3) is 0.300. The predicted molar refractivity (Wildman–Crippen MR) is 117 cm³/mol. The van der Waals surface area contributed by atoms with Crippen LogP contribution in [0.2, 0.25) is 5.02 Å². The summed E-state index contributed by atoms with van der Waals surface area (Å²) in [5.74, 6) is -1.52. The first-order valence-electron chi connectivity index (χ1n) is 9.33. The summed E-state index contributed by atoms with van der Waals surface area (Å²) >= 11 is 10.7. The van der Waals surface area contributed by atoms with E-state index in [0.29, 0.717) is 49.7 Å². The van der Waals surface area contributed by atoms with Crippen molar-refractivity contribution in [3.05, 3.63) is 63.9 Å². The summed E-state index contributed by atoms with van der Waals surface area (Å²) in [6.45, 7) is 2.64. The number of nitrogens with two attached hydrogens (primary N) is 1. The summed E-state index contributed by atoms with van der Waals surface area (Å²) < 4.78 is 43.2. The number of halogens is 4. The molecule has 1 heterocycles. The summed E-state index contributed by atoms with van der Waals surface area (Å²) in [6, 6.07) is 6.84. The lowest BCUT2D eigenvalue weighted by molar-refractivity contribution is 0.281. The van der Waals surface area contributed by atoms with Gasteiger partial charge in [-0.2, -0.15) is 5.10 Å². The van der Waals surface area contributed by atoms with E-state index in [1.54, 1.807) is 17.0 Å². The lowest BCUT2D eigenvalue weighted by atomic mass is 10.1. The number of anilines is 1. The monoisotopic (exact) mass is 455 g/mol. The van der Waals surface area contributed by atoms with E-state index in [0.717, 1.165) is 18.3 Å². The van der Waals surface area contributed by atoms with Crippen LogP contribution in [0, 0.1) is 17.5 Å². The largest absolute Gasteiger partial charge is 0.375 e. The fourth-order valence-electron chi connectivity index (χ4n) is 3.34. The van der Waals surface area contributed by atoms with Crippen molar-refractivity contribution in [1.82, 2.24) is 10.3 Å². The number of nitrogens with one attached hydrogen (secondary N) is 1. The fourth-order valence-corrected chi connectivity index (χ4v) is 3.61. The maximum atomic E-state index is 14.7. The van der Waals surface area contributed by atoms with Gasteiger partial charge in [-0.05, 0) is 36.8 Å². The standard InChI is InChI=1S/C20H21ClF3N5S/c21-15-3-1-4-16(22)14(15)12-28-5-2-6-29(8-7-28)19-10-17(23)13(9-18(19)24)11-26-27-20(25)30/h1,3-4,9-11H,2,5-8,12H2,(H3,25,27,30)/b26-11+. The summed E-state index contributed by atoms with van der Waals surface area (Å²) in [5, 5.41) is 3.96. The van der Waals surface area contributed by atoms with Gasteiger partial charge in [-0.3, -0.25) is 10.3 Å². The van der Waals surface area contributed by atoms with Gasteiger partial charge in [0.25, 0.3) is 0 Å². The normalized spacial score (nSPS) is 15.4. The molecule has 3 rings (SSSR count). The SMILES string of the molecule is NC(=S)N/N=C/c1cc(F)c(N2CCCN(Cc3c(F)cccc3Cl)CC2)cc1F.